The molecule has 1 aromatic heterocycles. The summed E-state index contributed by atoms with van der Waals surface area (Å²) in [7, 11) is -0.570. The number of sulfonamides is 1. The molecule has 2 heterocycles. The average Bonchev–Trinajstić information content (AvgIpc) is 3.72. The zero-order chi connectivity index (χ0) is 32.8. The maximum atomic E-state index is 13.8. The van der Waals surface area contributed by atoms with Gasteiger partial charge < -0.3 is 29.3 Å². The van der Waals surface area contributed by atoms with Crippen molar-refractivity contribution in [2.45, 2.75) is 38.2 Å². The third-order valence-electron chi connectivity index (χ3n) is 8.27. The van der Waals surface area contributed by atoms with E-state index in [0.717, 1.165) is 38.8 Å². The van der Waals surface area contributed by atoms with E-state index in [-0.39, 0.29) is 24.0 Å². The van der Waals surface area contributed by atoms with Crippen molar-refractivity contribution in [1.29, 1.82) is 0 Å². The first-order chi connectivity index (χ1) is 22.1. The second-order valence-corrected chi connectivity index (χ2v) is 14.4. The van der Waals surface area contributed by atoms with Crippen LogP contribution in [0.25, 0.3) is 0 Å². The quantitative estimate of drug-likeness (QED) is 0.189. The number of aromatic nitrogens is 1. The fraction of sp³-hybridized carbons (Fsp3) is 0.455. The molecule has 11 nitrogen and oxygen atoms in total. The van der Waals surface area contributed by atoms with Crippen molar-refractivity contribution in [3.05, 3.63) is 75.5 Å². The van der Waals surface area contributed by atoms with Crippen LogP contribution >= 0.6 is 23.2 Å². The molecule has 1 aliphatic heterocycles. The normalized spacial score (nSPS) is 15.4. The van der Waals surface area contributed by atoms with Gasteiger partial charge in [-0.25, -0.2) is 18.2 Å². The van der Waals surface area contributed by atoms with Crippen LogP contribution in [-0.2, 0) is 21.2 Å². The number of hydrogen-bond donors (Lipinski definition) is 0. The fourth-order valence-corrected chi connectivity index (χ4v) is 6.95. The van der Waals surface area contributed by atoms with E-state index in [0.29, 0.717) is 63.2 Å². The maximum absolute atomic E-state index is 13.8. The standard InChI is InChI=1S/C33H39Cl2N3O7S.H2O/c1-42-29-11-9-23(16-32(29)43-2)30(18-25-26(34)19-36-20-27(25)35)45-33(39)24-8-10-28(31(17-24)44-21-22-6-7-22)38(46(3,40)41)15-14-37-12-4-5-13-37;/h8-11,16-17,19-20,22,30H,4-7,12-15,18,21H2,1-3H3;1H2/t30-;/m0./s1. The first-order valence-corrected chi connectivity index (χ1v) is 17.9. The number of aromatic amines is 1. The van der Waals surface area contributed by atoms with Gasteiger partial charge in [0.2, 0.25) is 10.0 Å². The molecular formula is C33H41Cl2N3O8S. The molecule has 3 aromatic rings. The Morgan fingerprint density at radius 2 is 1.68 bits per heavy atom. The van der Waals surface area contributed by atoms with Crippen LogP contribution in [0.15, 0.2) is 48.8 Å². The summed E-state index contributed by atoms with van der Waals surface area (Å²) in [6.45, 7) is 3.22. The molecule has 1 saturated heterocycles. The molecule has 14 heteroatoms. The maximum Gasteiger partial charge on any atom is 0.338 e. The molecule has 5 rings (SSSR count). The van der Waals surface area contributed by atoms with Gasteiger partial charge in [-0.05, 0) is 80.6 Å². The second kappa shape index (κ2) is 16.2. The van der Waals surface area contributed by atoms with E-state index in [1.165, 1.54) is 17.7 Å². The highest BCUT2D eigenvalue weighted by atomic mass is 35.5. The minimum absolute atomic E-state index is 0. The van der Waals surface area contributed by atoms with Crippen molar-refractivity contribution in [3.63, 3.8) is 0 Å². The van der Waals surface area contributed by atoms with Gasteiger partial charge >= 0.3 is 5.97 Å². The highest BCUT2D eigenvalue weighted by molar-refractivity contribution is 7.92. The number of anilines is 1. The van der Waals surface area contributed by atoms with Crippen LogP contribution in [0.5, 0.6) is 17.2 Å². The van der Waals surface area contributed by atoms with Gasteiger partial charge in [0.15, 0.2) is 23.9 Å². The Balaban J connectivity index is 0.00000500. The fourth-order valence-electron chi connectivity index (χ4n) is 5.49. The van der Waals surface area contributed by atoms with E-state index in [9.17, 15) is 13.2 Å². The summed E-state index contributed by atoms with van der Waals surface area (Å²) >= 11 is 13.0. The monoisotopic (exact) mass is 709 g/mol. The Morgan fingerprint density at radius 1 is 1.00 bits per heavy atom. The second-order valence-electron chi connectivity index (χ2n) is 11.7. The molecule has 0 spiro atoms. The number of benzene rings is 2. The van der Waals surface area contributed by atoms with E-state index < -0.39 is 22.1 Å². The first-order valence-electron chi connectivity index (χ1n) is 15.3. The Labute approximate surface area is 286 Å². The average molecular weight is 711 g/mol. The van der Waals surface area contributed by atoms with E-state index in [1.807, 2.05) is 0 Å². The number of hydrogen-bond acceptors (Lipinski definition) is 9. The number of methoxy groups -OCH3 is 2. The van der Waals surface area contributed by atoms with Crippen LogP contribution in [-0.4, -0.2) is 78.0 Å². The molecule has 1 aliphatic carbocycles. The van der Waals surface area contributed by atoms with E-state index in [4.69, 9.17) is 42.1 Å². The Morgan fingerprint density at radius 3 is 2.30 bits per heavy atom. The highest BCUT2D eigenvalue weighted by Gasteiger charge is 2.29. The Kier molecular flexibility index (Phi) is 12.6. The SMILES string of the molecule is COc1ccc([C@H](Cc2c(Cl)c[nH+]cc2Cl)OC(=O)c2ccc(N(CCN3CCCC3)S(C)(=O)=O)c(OCC3CC3)c2)cc1OC.[OH-]. The summed E-state index contributed by atoms with van der Waals surface area (Å²) < 4.78 is 50.6. The van der Waals surface area contributed by atoms with E-state index in [1.54, 1.807) is 55.9 Å². The van der Waals surface area contributed by atoms with Gasteiger partial charge in [0, 0.05) is 25.1 Å². The molecule has 0 unspecified atom stereocenters. The Bertz CT molecular complexity index is 1630. The van der Waals surface area contributed by atoms with Crippen LogP contribution in [0.4, 0.5) is 5.69 Å². The lowest BCUT2D eigenvalue weighted by atomic mass is 10.0. The van der Waals surface area contributed by atoms with E-state index >= 15 is 0 Å². The number of carbonyl (C=O) groups excluding carboxylic acids is 1. The molecular weight excluding hydrogens is 669 g/mol. The lowest BCUT2D eigenvalue weighted by molar-refractivity contribution is -0.377. The first kappa shape index (κ1) is 36.5. The number of nitrogens with one attached hydrogen (secondary N) is 1. The van der Waals surface area contributed by atoms with Crippen LogP contribution < -0.4 is 23.5 Å². The zero-order valence-corrected chi connectivity index (χ0v) is 29.0. The van der Waals surface area contributed by atoms with Crippen LogP contribution in [0.3, 0.4) is 0 Å². The molecule has 2 fully saturated rings. The summed E-state index contributed by atoms with van der Waals surface area (Å²) in [5.41, 5.74) is 1.85. The molecule has 0 radical (unpaired) electrons. The van der Waals surface area contributed by atoms with Crippen LogP contribution in [0.2, 0.25) is 10.0 Å². The summed E-state index contributed by atoms with van der Waals surface area (Å²) in [5, 5.41) is 0.785. The van der Waals surface area contributed by atoms with Gasteiger partial charge in [-0.1, -0.05) is 29.3 Å². The van der Waals surface area contributed by atoms with Crippen LogP contribution in [0, 0.1) is 5.92 Å². The van der Waals surface area contributed by atoms with Crippen molar-refractivity contribution in [2.75, 3.05) is 57.6 Å². The molecule has 1 atom stereocenters. The number of esters is 1. The van der Waals surface area contributed by atoms with E-state index in [2.05, 4.69) is 9.88 Å². The summed E-state index contributed by atoms with van der Waals surface area (Å²) in [6, 6.07) is 10.0. The number of likely N-dealkylation sites (tertiary alicyclic amines) is 1. The summed E-state index contributed by atoms with van der Waals surface area (Å²) in [6.07, 6.45) is 8.09. The predicted molar refractivity (Wildman–Crippen MR) is 179 cm³/mol. The smallest absolute Gasteiger partial charge is 0.338 e. The van der Waals surface area contributed by atoms with Gasteiger partial charge in [0.1, 0.15) is 21.9 Å². The predicted octanol–water partition coefficient (Wildman–Crippen LogP) is 5.44. The van der Waals surface area contributed by atoms with Crippen molar-refractivity contribution < 1.29 is 42.6 Å². The molecule has 0 amide bonds. The minimum Gasteiger partial charge on any atom is -0.870 e. The van der Waals surface area contributed by atoms with Gasteiger partial charge in [0.05, 0.1) is 38.3 Å². The molecule has 0 bridgehead atoms. The van der Waals surface area contributed by atoms with Gasteiger partial charge in [-0.3, -0.25) is 4.31 Å². The topological polar surface area (TPSA) is 139 Å². The van der Waals surface area contributed by atoms with Gasteiger partial charge in [0.25, 0.3) is 0 Å². The molecule has 2 N–H and O–H groups in total. The summed E-state index contributed by atoms with van der Waals surface area (Å²) in [4.78, 5) is 18.9. The number of H-pyrrole nitrogens is 1. The van der Waals surface area contributed by atoms with Gasteiger partial charge in [-0.2, -0.15) is 0 Å². The number of carbonyl (C=O) groups is 1. The zero-order valence-electron chi connectivity index (χ0n) is 26.7. The lowest BCUT2D eigenvalue weighted by Crippen LogP contribution is -2.37. The van der Waals surface area contributed by atoms with Crippen molar-refractivity contribution >= 4 is 44.9 Å². The molecule has 256 valence electrons. The van der Waals surface area contributed by atoms with Crippen molar-refractivity contribution in [2.24, 2.45) is 5.92 Å². The molecule has 1 saturated carbocycles. The molecule has 2 aromatic carbocycles. The van der Waals surface area contributed by atoms with Gasteiger partial charge in [-0.15, -0.1) is 0 Å². The number of ether oxygens (including phenoxy) is 4. The van der Waals surface area contributed by atoms with Crippen molar-refractivity contribution in [3.8, 4) is 17.2 Å². The number of nitrogens with zero attached hydrogens (tertiary/aromatic N) is 2. The highest BCUT2D eigenvalue weighted by Crippen LogP contribution is 2.38. The number of pyridine rings is 1. The largest absolute Gasteiger partial charge is 0.870 e. The number of halogens is 2. The molecule has 47 heavy (non-hydrogen) atoms. The third kappa shape index (κ3) is 9.41. The van der Waals surface area contributed by atoms with Crippen molar-refractivity contribution in [1.82, 2.24) is 4.90 Å². The third-order valence-corrected chi connectivity index (χ3v) is 10.1. The minimum atomic E-state index is -3.64. The molecule has 2 aliphatic rings. The number of rotatable bonds is 15. The Hall–Kier alpha value is -3.29. The lowest BCUT2D eigenvalue weighted by Gasteiger charge is -2.27. The van der Waals surface area contributed by atoms with Crippen LogP contribution in [0.1, 0.15) is 53.3 Å². The summed E-state index contributed by atoms with van der Waals surface area (Å²) in [5.74, 6) is 1.09.